The van der Waals surface area contributed by atoms with Crippen LogP contribution < -0.4 is 5.32 Å². The Hall–Kier alpha value is -1.62. The van der Waals surface area contributed by atoms with Crippen molar-refractivity contribution in [3.8, 4) is 0 Å². The van der Waals surface area contributed by atoms with Gasteiger partial charge in [-0.1, -0.05) is 35.9 Å². The molecule has 0 heterocycles. The van der Waals surface area contributed by atoms with Crippen molar-refractivity contribution >= 4 is 17.3 Å². The average molecular weight is 310 g/mol. The van der Waals surface area contributed by atoms with Crippen LogP contribution in [0.3, 0.4) is 0 Å². The summed E-state index contributed by atoms with van der Waals surface area (Å²) < 4.78 is 18.8. The molecule has 1 atom stereocenters. The Morgan fingerprint density at radius 3 is 2.57 bits per heavy atom. The van der Waals surface area contributed by atoms with Gasteiger partial charge in [0, 0.05) is 11.6 Å². The van der Waals surface area contributed by atoms with Crippen LogP contribution in [0.5, 0.6) is 0 Å². The first kappa shape index (κ1) is 15.8. The zero-order valence-corrected chi connectivity index (χ0v) is 12.2. The van der Waals surface area contributed by atoms with Crippen LogP contribution >= 0.6 is 11.6 Å². The minimum Gasteiger partial charge on any atom is -0.389 e. The largest absolute Gasteiger partial charge is 0.389 e. The van der Waals surface area contributed by atoms with Crippen LogP contribution in [0, 0.1) is 5.82 Å². The van der Waals surface area contributed by atoms with Gasteiger partial charge in [-0.2, -0.15) is 0 Å². The van der Waals surface area contributed by atoms with Gasteiger partial charge in [-0.25, -0.2) is 4.39 Å². The average Bonchev–Trinajstić information content (AvgIpc) is 2.48. The maximum atomic E-state index is 13.4. The predicted octanol–water partition coefficient (Wildman–Crippen LogP) is 3.47. The summed E-state index contributed by atoms with van der Waals surface area (Å²) in [5.74, 6) is -0.341. The molecule has 1 unspecified atom stereocenters. The Kier molecular flexibility index (Phi) is 5.99. The Labute approximate surface area is 128 Å². The van der Waals surface area contributed by atoms with Crippen molar-refractivity contribution in [1.82, 2.24) is 0 Å². The maximum absolute atomic E-state index is 13.4. The summed E-state index contributed by atoms with van der Waals surface area (Å²) in [7, 11) is 0. The highest BCUT2D eigenvalue weighted by molar-refractivity contribution is 6.30. The highest BCUT2D eigenvalue weighted by Gasteiger charge is 2.06. The number of hydrogen-bond donors (Lipinski definition) is 2. The highest BCUT2D eigenvalue weighted by atomic mass is 35.5. The van der Waals surface area contributed by atoms with E-state index in [2.05, 4.69) is 5.32 Å². The van der Waals surface area contributed by atoms with E-state index in [1.165, 1.54) is 6.07 Å². The molecule has 0 radical (unpaired) electrons. The van der Waals surface area contributed by atoms with E-state index in [0.29, 0.717) is 17.3 Å². The molecule has 0 aliphatic heterocycles. The van der Waals surface area contributed by atoms with Gasteiger partial charge in [0.05, 0.1) is 25.0 Å². The fourth-order valence-corrected chi connectivity index (χ4v) is 1.91. The lowest BCUT2D eigenvalue weighted by Crippen LogP contribution is -2.25. The molecule has 112 valence electrons. The van der Waals surface area contributed by atoms with Crippen LogP contribution in [0.4, 0.5) is 10.1 Å². The normalized spacial score (nSPS) is 12.1. The fourth-order valence-electron chi connectivity index (χ4n) is 1.78. The number of halogens is 2. The summed E-state index contributed by atoms with van der Waals surface area (Å²) in [4.78, 5) is 0. The predicted molar refractivity (Wildman–Crippen MR) is 82.0 cm³/mol. The number of para-hydroxylation sites is 1. The van der Waals surface area contributed by atoms with E-state index in [-0.39, 0.29) is 19.0 Å². The van der Waals surface area contributed by atoms with Gasteiger partial charge >= 0.3 is 0 Å². The minimum atomic E-state index is -0.711. The standard InChI is InChI=1S/C16H17ClFNO2/c17-13-7-5-12(6-8-13)10-21-11-14(20)9-19-16-4-2-1-3-15(16)18/h1-8,14,19-20H,9-11H2. The first-order valence-electron chi connectivity index (χ1n) is 6.64. The van der Waals surface area contributed by atoms with Gasteiger partial charge in [0.25, 0.3) is 0 Å². The summed E-state index contributed by atoms with van der Waals surface area (Å²) in [6.07, 6.45) is -0.711. The molecule has 2 N–H and O–H groups in total. The zero-order valence-electron chi connectivity index (χ0n) is 11.4. The molecule has 0 spiro atoms. The van der Waals surface area contributed by atoms with Crippen molar-refractivity contribution < 1.29 is 14.2 Å². The summed E-state index contributed by atoms with van der Waals surface area (Å²) in [6.45, 7) is 0.791. The Morgan fingerprint density at radius 2 is 1.86 bits per heavy atom. The quantitative estimate of drug-likeness (QED) is 0.823. The zero-order chi connectivity index (χ0) is 15.1. The number of hydrogen-bond acceptors (Lipinski definition) is 3. The maximum Gasteiger partial charge on any atom is 0.146 e. The molecular weight excluding hydrogens is 293 g/mol. The van der Waals surface area contributed by atoms with Crippen molar-refractivity contribution in [1.29, 1.82) is 0 Å². The molecule has 0 saturated carbocycles. The summed E-state index contributed by atoms with van der Waals surface area (Å²) >= 11 is 5.79. The second-order valence-electron chi connectivity index (χ2n) is 4.66. The van der Waals surface area contributed by atoms with Gasteiger partial charge in [-0.15, -0.1) is 0 Å². The summed E-state index contributed by atoms with van der Waals surface area (Å²) in [5.41, 5.74) is 1.35. The lowest BCUT2D eigenvalue weighted by molar-refractivity contribution is 0.0348. The first-order valence-corrected chi connectivity index (χ1v) is 7.01. The van der Waals surface area contributed by atoms with Crippen molar-refractivity contribution in [3.05, 3.63) is 64.9 Å². The SMILES string of the molecule is OC(CNc1ccccc1F)COCc1ccc(Cl)cc1. The van der Waals surface area contributed by atoms with E-state index in [1.807, 2.05) is 12.1 Å². The van der Waals surface area contributed by atoms with Gasteiger partial charge in [0.15, 0.2) is 0 Å². The summed E-state index contributed by atoms with van der Waals surface area (Å²) in [6, 6.07) is 13.6. The minimum absolute atomic E-state index is 0.171. The fraction of sp³-hybridized carbons (Fsp3) is 0.250. The van der Waals surface area contributed by atoms with Gasteiger partial charge in [-0.05, 0) is 29.8 Å². The van der Waals surface area contributed by atoms with E-state index in [0.717, 1.165) is 5.56 Å². The van der Waals surface area contributed by atoms with E-state index in [4.69, 9.17) is 16.3 Å². The topological polar surface area (TPSA) is 41.5 Å². The van der Waals surface area contributed by atoms with E-state index < -0.39 is 6.10 Å². The Morgan fingerprint density at radius 1 is 1.14 bits per heavy atom. The van der Waals surface area contributed by atoms with Crippen LogP contribution in [-0.2, 0) is 11.3 Å². The third kappa shape index (κ3) is 5.34. The number of nitrogens with one attached hydrogen (secondary N) is 1. The second kappa shape index (κ2) is 7.98. The lowest BCUT2D eigenvalue weighted by Gasteiger charge is -2.13. The van der Waals surface area contributed by atoms with Crippen LogP contribution in [-0.4, -0.2) is 24.4 Å². The van der Waals surface area contributed by atoms with Crippen LogP contribution in [0.1, 0.15) is 5.56 Å². The Balaban J connectivity index is 1.69. The number of aliphatic hydroxyl groups excluding tert-OH is 1. The molecule has 2 aromatic carbocycles. The molecule has 0 bridgehead atoms. The van der Waals surface area contributed by atoms with Crippen molar-refractivity contribution in [2.45, 2.75) is 12.7 Å². The monoisotopic (exact) mass is 309 g/mol. The van der Waals surface area contributed by atoms with Crippen LogP contribution in [0.15, 0.2) is 48.5 Å². The van der Waals surface area contributed by atoms with Gasteiger partial charge in [-0.3, -0.25) is 0 Å². The van der Waals surface area contributed by atoms with Crippen LogP contribution in [0.2, 0.25) is 5.02 Å². The Bertz CT molecular complexity index is 562. The second-order valence-corrected chi connectivity index (χ2v) is 5.09. The molecule has 0 amide bonds. The van der Waals surface area contributed by atoms with E-state index in [9.17, 15) is 9.50 Å². The molecule has 0 saturated heterocycles. The van der Waals surface area contributed by atoms with Crippen molar-refractivity contribution in [3.63, 3.8) is 0 Å². The van der Waals surface area contributed by atoms with Crippen LogP contribution in [0.25, 0.3) is 0 Å². The molecule has 0 aliphatic rings. The highest BCUT2D eigenvalue weighted by Crippen LogP contribution is 2.12. The molecule has 3 nitrogen and oxygen atoms in total. The third-order valence-electron chi connectivity index (χ3n) is 2.89. The van der Waals surface area contributed by atoms with Crippen molar-refractivity contribution in [2.75, 3.05) is 18.5 Å². The summed E-state index contributed by atoms with van der Waals surface area (Å²) in [5, 5.41) is 13.3. The molecule has 0 aliphatic carbocycles. The lowest BCUT2D eigenvalue weighted by atomic mass is 10.2. The first-order chi connectivity index (χ1) is 10.1. The number of benzene rings is 2. The number of rotatable bonds is 7. The molecule has 5 heteroatoms. The van der Waals surface area contributed by atoms with Gasteiger partial charge in [0.2, 0.25) is 0 Å². The number of aliphatic hydroxyl groups is 1. The smallest absolute Gasteiger partial charge is 0.146 e. The molecule has 0 fully saturated rings. The molecule has 0 aromatic heterocycles. The number of ether oxygens (including phenoxy) is 1. The number of anilines is 1. The van der Waals surface area contributed by atoms with Gasteiger partial charge in [0.1, 0.15) is 5.82 Å². The molecule has 2 aromatic rings. The van der Waals surface area contributed by atoms with Gasteiger partial charge < -0.3 is 15.2 Å². The molecular formula is C16H17ClFNO2. The van der Waals surface area contributed by atoms with Crippen molar-refractivity contribution in [2.24, 2.45) is 0 Å². The molecule has 21 heavy (non-hydrogen) atoms. The van der Waals surface area contributed by atoms with E-state index in [1.54, 1.807) is 30.3 Å². The van der Waals surface area contributed by atoms with E-state index >= 15 is 0 Å². The molecule has 2 rings (SSSR count). The third-order valence-corrected chi connectivity index (χ3v) is 3.15.